The Hall–Kier alpha value is -1.04. The van der Waals surface area contributed by atoms with E-state index >= 15 is 0 Å². The van der Waals surface area contributed by atoms with E-state index in [9.17, 15) is 40.9 Å². The third-order valence-corrected chi connectivity index (χ3v) is 8.19. The summed E-state index contributed by atoms with van der Waals surface area (Å²) in [4.78, 5) is 0. The summed E-state index contributed by atoms with van der Waals surface area (Å²) in [5, 5.41) is 80.4. The predicted molar refractivity (Wildman–Crippen MR) is 169 cm³/mol. The molecule has 2 saturated heterocycles. The first kappa shape index (κ1) is 41.1. The van der Waals surface area contributed by atoms with Gasteiger partial charge in [0, 0.05) is 6.61 Å². The van der Waals surface area contributed by atoms with Crippen LogP contribution >= 0.6 is 0 Å². The van der Waals surface area contributed by atoms with Crippen molar-refractivity contribution in [2.75, 3.05) is 33.0 Å². The van der Waals surface area contributed by atoms with E-state index in [0.29, 0.717) is 6.61 Å². The maximum atomic E-state index is 10.3. The molecule has 13 nitrogen and oxygen atoms in total. The normalized spacial score (nSPS) is 32.9. The van der Waals surface area contributed by atoms with E-state index in [0.717, 1.165) is 32.1 Å². The third-order valence-electron chi connectivity index (χ3n) is 8.19. The molecule has 0 radical (unpaired) electrons. The molecule has 2 unspecified atom stereocenters. The summed E-state index contributed by atoms with van der Waals surface area (Å²) in [6, 6.07) is 0. The van der Waals surface area contributed by atoms with Crippen LogP contribution in [0.2, 0.25) is 0 Å². The van der Waals surface area contributed by atoms with E-state index in [1.807, 2.05) is 0 Å². The highest BCUT2D eigenvalue weighted by Crippen LogP contribution is 2.26. The first-order valence-electron chi connectivity index (χ1n) is 17.0. The van der Waals surface area contributed by atoms with Gasteiger partial charge in [0.2, 0.25) is 0 Å². The largest absolute Gasteiger partial charge is 0.394 e. The predicted octanol–water partition coefficient (Wildman–Crippen LogP) is 0.818. The number of ether oxygens (including phenoxy) is 5. The Balaban J connectivity index is 1.54. The van der Waals surface area contributed by atoms with Gasteiger partial charge in [0.1, 0.15) is 54.9 Å². The molecule has 8 N–H and O–H groups in total. The van der Waals surface area contributed by atoms with Crippen LogP contribution in [0.4, 0.5) is 0 Å². The molecule has 0 aromatic rings. The van der Waals surface area contributed by atoms with Crippen LogP contribution in [0.1, 0.15) is 84.0 Å². The molecule has 0 bridgehead atoms. The van der Waals surface area contributed by atoms with Crippen LogP contribution in [0.3, 0.4) is 0 Å². The summed E-state index contributed by atoms with van der Waals surface area (Å²) in [5.74, 6) is 0. The van der Waals surface area contributed by atoms with Crippen LogP contribution in [0.15, 0.2) is 24.3 Å². The molecule has 2 aliphatic heterocycles. The fraction of sp³-hybridized carbons (Fsp3) is 0.879. The van der Waals surface area contributed by atoms with Crippen molar-refractivity contribution in [2.45, 2.75) is 151 Å². The van der Waals surface area contributed by atoms with Crippen molar-refractivity contribution >= 4 is 0 Å². The SMILES string of the molecule is CCCCC/C=C\C/C=C\CCCCCCCCOCC(O)CO[C@@H]1O[C@H](COC2O[C@H](CO)[C@H](O)[C@H](O)[C@H]2O)[C@H](O)[C@H](O)[C@H]1O. The Morgan fingerprint density at radius 2 is 1.15 bits per heavy atom. The van der Waals surface area contributed by atoms with Gasteiger partial charge >= 0.3 is 0 Å². The van der Waals surface area contributed by atoms with Crippen molar-refractivity contribution in [1.29, 1.82) is 0 Å². The Morgan fingerprint density at radius 1 is 0.609 bits per heavy atom. The zero-order valence-electron chi connectivity index (χ0n) is 27.3. The lowest BCUT2D eigenvalue weighted by molar-refractivity contribution is -0.332. The highest BCUT2D eigenvalue weighted by atomic mass is 16.7. The highest BCUT2D eigenvalue weighted by molar-refractivity contribution is 4.93. The summed E-state index contributed by atoms with van der Waals surface area (Å²) < 4.78 is 27.2. The van der Waals surface area contributed by atoms with Crippen LogP contribution in [0.25, 0.3) is 0 Å². The van der Waals surface area contributed by atoms with Crippen molar-refractivity contribution < 1.29 is 64.5 Å². The lowest BCUT2D eigenvalue weighted by atomic mass is 9.98. The summed E-state index contributed by atoms with van der Waals surface area (Å²) in [6.07, 6.45) is 6.74. The van der Waals surface area contributed by atoms with Gasteiger partial charge in [-0.15, -0.1) is 0 Å². The van der Waals surface area contributed by atoms with Gasteiger partial charge in [-0.05, 0) is 38.5 Å². The summed E-state index contributed by atoms with van der Waals surface area (Å²) in [5.41, 5.74) is 0. The fourth-order valence-corrected chi connectivity index (χ4v) is 5.25. The summed E-state index contributed by atoms with van der Waals surface area (Å²) in [7, 11) is 0. The first-order valence-corrected chi connectivity index (χ1v) is 17.0. The molecule has 46 heavy (non-hydrogen) atoms. The number of aliphatic hydroxyl groups is 8. The van der Waals surface area contributed by atoms with E-state index in [-0.39, 0.29) is 13.2 Å². The topological polar surface area (TPSA) is 208 Å². The van der Waals surface area contributed by atoms with E-state index < -0.39 is 80.7 Å². The number of unbranched alkanes of at least 4 members (excludes halogenated alkanes) is 9. The molecule has 0 aliphatic carbocycles. The minimum Gasteiger partial charge on any atom is -0.394 e. The maximum Gasteiger partial charge on any atom is 0.186 e. The minimum absolute atomic E-state index is 0.0118. The highest BCUT2D eigenvalue weighted by Gasteiger charge is 2.47. The van der Waals surface area contributed by atoms with Gasteiger partial charge in [-0.1, -0.05) is 69.8 Å². The molecule has 0 spiro atoms. The smallest absolute Gasteiger partial charge is 0.186 e. The monoisotopic (exact) mass is 664 g/mol. The van der Waals surface area contributed by atoms with Crippen molar-refractivity contribution in [3.05, 3.63) is 24.3 Å². The first-order chi connectivity index (χ1) is 22.2. The van der Waals surface area contributed by atoms with Crippen LogP contribution < -0.4 is 0 Å². The number of hydrogen-bond donors (Lipinski definition) is 8. The van der Waals surface area contributed by atoms with Gasteiger partial charge in [-0.3, -0.25) is 0 Å². The molecule has 2 fully saturated rings. The summed E-state index contributed by atoms with van der Waals surface area (Å²) >= 11 is 0. The van der Waals surface area contributed by atoms with Gasteiger partial charge in [-0.2, -0.15) is 0 Å². The van der Waals surface area contributed by atoms with Gasteiger partial charge < -0.3 is 64.5 Å². The number of allylic oxidation sites excluding steroid dienone is 4. The maximum absolute atomic E-state index is 10.3. The van der Waals surface area contributed by atoms with Crippen LogP contribution in [-0.4, -0.2) is 141 Å². The number of hydrogen-bond acceptors (Lipinski definition) is 13. The van der Waals surface area contributed by atoms with Crippen molar-refractivity contribution in [1.82, 2.24) is 0 Å². The van der Waals surface area contributed by atoms with E-state index in [1.54, 1.807) is 0 Å². The van der Waals surface area contributed by atoms with Gasteiger partial charge in [0.05, 0.1) is 26.4 Å². The van der Waals surface area contributed by atoms with Crippen LogP contribution in [0, 0.1) is 0 Å². The fourth-order valence-electron chi connectivity index (χ4n) is 5.25. The molecular weight excluding hydrogens is 604 g/mol. The number of rotatable bonds is 24. The van der Waals surface area contributed by atoms with Gasteiger partial charge in [0.25, 0.3) is 0 Å². The zero-order chi connectivity index (χ0) is 33.7. The molecule has 2 rings (SSSR count). The lowest BCUT2D eigenvalue weighted by Crippen LogP contribution is -2.61. The molecule has 270 valence electrons. The average Bonchev–Trinajstić information content (AvgIpc) is 3.05. The molecule has 0 amide bonds. The van der Waals surface area contributed by atoms with E-state index in [2.05, 4.69) is 31.2 Å². The second-order valence-electron chi connectivity index (χ2n) is 12.2. The van der Waals surface area contributed by atoms with Gasteiger partial charge in [0.15, 0.2) is 12.6 Å². The Labute approximate surface area is 273 Å². The average molecular weight is 665 g/mol. The molecule has 0 aromatic heterocycles. The van der Waals surface area contributed by atoms with Crippen molar-refractivity contribution in [3.8, 4) is 0 Å². The molecule has 0 saturated carbocycles. The molecule has 11 atom stereocenters. The van der Waals surface area contributed by atoms with Crippen LogP contribution in [-0.2, 0) is 23.7 Å². The molecular formula is C33H60O13. The van der Waals surface area contributed by atoms with Crippen LogP contribution in [0.5, 0.6) is 0 Å². The molecule has 2 aliphatic rings. The molecule has 2 heterocycles. The zero-order valence-corrected chi connectivity index (χ0v) is 27.3. The van der Waals surface area contributed by atoms with E-state index in [1.165, 1.54) is 44.9 Å². The third kappa shape index (κ3) is 15.0. The quantitative estimate of drug-likeness (QED) is 0.0532. The minimum atomic E-state index is -1.67. The Kier molecular flexibility index (Phi) is 21.6. The van der Waals surface area contributed by atoms with Crippen molar-refractivity contribution in [2.24, 2.45) is 0 Å². The number of aliphatic hydroxyl groups excluding tert-OH is 8. The van der Waals surface area contributed by atoms with E-state index in [4.69, 9.17) is 23.7 Å². The molecule has 13 heteroatoms. The van der Waals surface area contributed by atoms with Crippen molar-refractivity contribution in [3.63, 3.8) is 0 Å². The molecule has 0 aromatic carbocycles. The lowest BCUT2D eigenvalue weighted by Gasteiger charge is -2.42. The van der Waals surface area contributed by atoms with Gasteiger partial charge in [-0.25, -0.2) is 0 Å². The Bertz CT molecular complexity index is 812. The standard InChI is InChI=1S/C33H60O13/c1-2-3-4-5-6-7-8-9-10-11-12-13-14-15-16-17-18-42-20-23(35)21-43-32-31(41)29(39)27(37)25(46-32)22-44-33-30(40)28(38)26(36)24(19-34)45-33/h6-7,9-10,23-41H,2-5,8,11-22H2,1H3/b7-6-,10-9-/t23?,24-,25-,26+,27+,28+,29+,30-,31-,32-,33?/m1/s1. The summed E-state index contributed by atoms with van der Waals surface area (Å²) in [6.45, 7) is 1.35. The Morgan fingerprint density at radius 3 is 1.78 bits per heavy atom. The second-order valence-corrected chi connectivity index (χ2v) is 12.2. The second kappa shape index (κ2) is 24.2.